The second kappa shape index (κ2) is 5.66. The van der Waals surface area contributed by atoms with E-state index in [0.717, 1.165) is 5.56 Å². The molecule has 0 radical (unpaired) electrons. The van der Waals surface area contributed by atoms with Crippen molar-refractivity contribution in [1.82, 2.24) is 14.8 Å². The molecule has 0 bridgehead atoms. The summed E-state index contributed by atoms with van der Waals surface area (Å²) in [5, 5.41) is 7.29. The number of anilines is 1. The van der Waals surface area contributed by atoms with Gasteiger partial charge in [-0.05, 0) is 24.6 Å². The van der Waals surface area contributed by atoms with E-state index in [1.165, 1.54) is 11.0 Å². The Morgan fingerprint density at radius 2 is 2.33 bits per heavy atom. The number of carbonyl (C=O) groups is 1. The molecule has 7 heteroatoms. The molecule has 2 aromatic rings. The quantitative estimate of drug-likeness (QED) is 0.837. The third kappa shape index (κ3) is 3.42. The number of carbonyl (C=O) groups excluding carboxylic acids is 1. The number of aryl methyl sites for hydroxylation is 1. The van der Waals surface area contributed by atoms with Crippen LogP contribution in [0.5, 0.6) is 0 Å². The SMILES string of the molecule is Cc1ccc(NC(=O)Cn2cnc(I)n2)c(Cl)c1. The van der Waals surface area contributed by atoms with Crippen LogP contribution >= 0.6 is 34.2 Å². The van der Waals surface area contributed by atoms with Crippen LogP contribution < -0.4 is 5.32 Å². The van der Waals surface area contributed by atoms with Crippen LogP contribution in [0.1, 0.15) is 5.56 Å². The number of benzene rings is 1. The van der Waals surface area contributed by atoms with Crippen LogP contribution in [0.25, 0.3) is 0 Å². The van der Waals surface area contributed by atoms with Crippen LogP contribution in [0.2, 0.25) is 5.02 Å². The maximum Gasteiger partial charge on any atom is 0.246 e. The lowest BCUT2D eigenvalue weighted by molar-refractivity contribution is -0.116. The number of hydrogen-bond acceptors (Lipinski definition) is 3. The number of amides is 1. The molecule has 0 atom stereocenters. The summed E-state index contributed by atoms with van der Waals surface area (Å²) in [4.78, 5) is 15.7. The first-order valence-corrected chi connectivity index (χ1v) is 6.61. The Balaban J connectivity index is 2.03. The van der Waals surface area contributed by atoms with E-state index in [-0.39, 0.29) is 12.5 Å². The number of nitrogens with one attached hydrogen (secondary N) is 1. The molecule has 18 heavy (non-hydrogen) atoms. The Morgan fingerprint density at radius 1 is 1.56 bits per heavy atom. The number of halogens is 2. The summed E-state index contributed by atoms with van der Waals surface area (Å²) in [5.41, 5.74) is 1.64. The minimum Gasteiger partial charge on any atom is -0.323 e. The summed E-state index contributed by atoms with van der Waals surface area (Å²) in [5.74, 6) is -0.193. The van der Waals surface area contributed by atoms with Gasteiger partial charge in [0.1, 0.15) is 12.9 Å². The Morgan fingerprint density at radius 3 is 2.94 bits per heavy atom. The maximum absolute atomic E-state index is 11.8. The normalized spacial score (nSPS) is 10.4. The molecule has 0 saturated heterocycles. The summed E-state index contributed by atoms with van der Waals surface area (Å²) >= 11 is 8.01. The Kier molecular flexibility index (Phi) is 4.18. The van der Waals surface area contributed by atoms with Crippen molar-refractivity contribution >= 4 is 45.8 Å². The maximum atomic E-state index is 11.8. The average Bonchev–Trinajstić information content (AvgIpc) is 2.68. The zero-order valence-electron chi connectivity index (χ0n) is 9.52. The van der Waals surface area contributed by atoms with Gasteiger partial charge in [-0.15, -0.1) is 5.10 Å². The zero-order valence-corrected chi connectivity index (χ0v) is 12.4. The number of nitrogens with zero attached hydrogens (tertiary/aromatic N) is 3. The Labute approximate surface area is 123 Å². The van der Waals surface area contributed by atoms with Gasteiger partial charge in [0.15, 0.2) is 0 Å². The summed E-state index contributed by atoms with van der Waals surface area (Å²) in [7, 11) is 0. The molecule has 0 aliphatic rings. The van der Waals surface area contributed by atoms with Gasteiger partial charge in [0.25, 0.3) is 0 Å². The average molecular weight is 377 g/mol. The highest BCUT2D eigenvalue weighted by atomic mass is 127. The summed E-state index contributed by atoms with van der Waals surface area (Å²) in [6.45, 7) is 2.05. The molecule has 0 unspecified atom stereocenters. The van der Waals surface area contributed by atoms with E-state index in [1.807, 2.05) is 35.6 Å². The first-order chi connectivity index (χ1) is 8.54. The van der Waals surface area contributed by atoms with E-state index in [2.05, 4.69) is 15.4 Å². The number of rotatable bonds is 3. The summed E-state index contributed by atoms with van der Waals surface area (Å²) in [6.07, 6.45) is 1.51. The molecule has 1 aromatic heterocycles. The van der Waals surface area contributed by atoms with Crippen LogP contribution in [0.15, 0.2) is 24.5 Å². The number of aromatic nitrogens is 3. The Bertz CT molecular complexity index is 584. The van der Waals surface area contributed by atoms with E-state index in [0.29, 0.717) is 14.5 Å². The third-order valence-electron chi connectivity index (χ3n) is 2.21. The lowest BCUT2D eigenvalue weighted by Crippen LogP contribution is -2.19. The fourth-order valence-corrected chi connectivity index (χ4v) is 2.09. The van der Waals surface area contributed by atoms with Gasteiger partial charge < -0.3 is 5.32 Å². The van der Waals surface area contributed by atoms with Gasteiger partial charge in [-0.25, -0.2) is 9.67 Å². The van der Waals surface area contributed by atoms with Gasteiger partial charge in [0.2, 0.25) is 9.74 Å². The predicted molar refractivity (Wildman–Crippen MR) is 77.6 cm³/mol. The van der Waals surface area contributed by atoms with Gasteiger partial charge in [-0.1, -0.05) is 17.7 Å². The molecular formula is C11H10ClIN4O. The van der Waals surface area contributed by atoms with Crippen LogP contribution in [0.3, 0.4) is 0 Å². The van der Waals surface area contributed by atoms with E-state index >= 15 is 0 Å². The van der Waals surface area contributed by atoms with Gasteiger partial charge >= 0.3 is 0 Å². The second-order valence-corrected chi connectivity index (χ2v) is 5.11. The first-order valence-electron chi connectivity index (χ1n) is 5.15. The van der Waals surface area contributed by atoms with Crippen molar-refractivity contribution in [3.05, 3.63) is 38.9 Å². The van der Waals surface area contributed by atoms with Gasteiger partial charge in [0, 0.05) is 22.6 Å². The first kappa shape index (κ1) is 13.3. The molecule has 2 rings (SSSR count). The molecule has 1 heterocycles. The largest absolute Gasteiger partial charge is 0.323 e. The molecule has 1 N–H and O–H groups in total. The monoisotopic (exact) mass is 376 g/mol. The topological polar surface area (TPSA) is 59.8 Å². The predicted octanol–water partition coefficient (Wildman–Crippen LogP) is 2.48. The molecule has 0 fully saturated rings. The zero-order chi connectivity index (χ0) is 13.1. The van der Waals surface area contributed by atoms with Crippen molar-refractivity contribution in [1.29, 1.82) is 0 Å². The van der Waals surface area contributed by atoms with Gasteiger partial charge in [0.05, 0.1) is 10.7 Å². The van der Waals surface area contributed by atoms with Crippen LogP contribution in [0.4, 0.5) is 5.69 Å². The van der Waals surface area contributed by atoms with Crippen LogP contribution in [0, 0.1) is 10.8 Å². The molecule has 1 aromatic carbocycles. The fourth-order valence-electron chi connectivity index (χ4n) is 1.41. The summed E-state index contributed by atoms with van der Waals surface area (Å²) < 4.78 is 2.08. The minimum absolute atomic E-state index is 0.111. The van der Waals surface area contributed by atoms with Crippen molar-refractivity contribution < 1.29 is 4.79 Å². The number of hydrogen-bond donors (Lipinski definition) is 1. The van der Waals surface area contributed by atoms with E-state index < -0.39 is 0 Å². The highest BCUT2D eigenvalue weighted by Crippen LogP contribution is 2.22. The molecule has 0 spiro atoms. The van der Waals surface area contributed by atoms with Gasteiger partial charge in [-0.2, -0.15) is 0 Å². The molecule has 0 aliphatic heterocycles. The van der Waals surface area contributed by atoms with Gasteiger partial charge in [-0.3, -0.25) is 4.79 Å². The van der Waals surface area contributed by atoms with Crippen molar-refractivity contribution in [3.63, 3.8) is 0 Å². The fraction of sp³-hybridized carbons (Fsp3) is 0.182. The van der Waals surface area contributed by atoms with E-state index in [1.54, 1.807) is 12.1 Å². The van der Waals surface area contributed by atoms with E-state index in [4.69, 9.17) is 11.6 Å². The lowest BCUT2D eigenvalue weighted by atomic mass is 10.2. The molecule has 94 valence electrons. The molecule has 5 nitrogen and oxygen atoms in total. The highest BCUT2D eigenvalue weighted by Gasteiger charge is 2.07. The molecular weight excluding hydrogens is 367 g/mol. The minimum atomic E-state index is -0.193. The molecule has 1 amide bonds. The molecule has 0 saturated carbocycles. The third-order valence-corrected chi connectivity index (χ3v) is 3.02. The van der Waals surface area contributed by atoms with Crippen molar-refractivity contribution in [2.75, 3.05) is 5.32 Å². The van der Waals surface area contributed by atoms with E-state index in [9.17, 15) is 4.79 Å². The molecule has 0 aliphatic carbocycles. The highest BCUT2D eigenvalue weighted by molar-refractivity contribution is 14.1. The smallest absolute Gasteiger partial charge is 0.246 e. The van der Waals surface area contributed by atoms with Crippen molar-refractivity contribution in [2.24, 2.45) is 0 Å². The van der Waals surface area contributed by atoms with Crippen molar-refractivity contribution in [2.45, 2.75) is 13.5 Å². The Hall–Kier alpha value is -1.15. The summed E-state index contributed by atoms with van der Waals surface area (Å²) in [6, 6.07) is 5.47. The second-order valence-electron chi connectivity index (χ2n) is 3.74. The standard InChI is InChI=1S/C11H10ClIN4O/c1-7-2-3-9(8(12)4-7)15-10(18)5-17-6-14-11(13)16-17/h2-4,6H,5H2,1H3,(H,15,18). The lowest BCUT2D eigenvalue weighted by Gasteiger charge is -2.07. The van der Waals surface area contributed by atoms with Crippen LogP contribution in [-0.4, -0.2) is 20.7 Å². The van der Waals surface area contributed by atoms with Crippen molar-refractivity contribution in [3.8, 4) is 0 Å². The van der Waals surface area contributed by atoms with Crippen LogP contribution in [-0.2, 0) is 11.3 Å².